The van der Waals surface area contributed by atoms with Crippen LogP contribution in [0.15, 0.2) is 47.4 Å². The summed E-state index contributed by atoms with van der Waals surface area (Å²) >= 11 is 11.8. The van der Waals surface area contributed by atoms with Crippen LogP contribution in [-0.2, 0) is 32.2 Å². The molecule has 1 unspecified atom stereocenters. The lowest BCUT2D eigenvalue weighted by molar-refractivity contribution is -0.137. The highest BCUT2D eigenvalue weighted by Gasteiger charge is 2.35. The Hall–Kier alpha value is -1.89. The van der Waals surface area contributed by atoms with Crippen LogP contribution in [0.1, 0.15) is 62.5 Å². The van der Waals surface area contributed by atoms with Gasteiger partial charge in [-0.1, -0.05) is 60.0 Å². The maximum Gasteiger partial charge on any atom is 0.416 e. The van der Waals surface area contributed by atoms with E-state index in [1.165, 1.54) is 31.9 Å². The average Bonchev–Trinajstić information content (AvgIpc) is 3.00. The average molecular weight is 693 g/mol. The van der Waals surface area contributed by atoms with Gasteiger partial charge in [0.25, 0.3) is 0 Å². The van der Waals surface area contributed by atoms with Crippen LogP contribution in [0.4, 0.5) is 13.2 Å². The Bertz CT molecular complexity index is 1340. The predicted molar refractivity (Wildman–Crippen MR) is 170 cm³/mol. The minimum absolute atomic E-state index is 0.0699. The van der Waals surface area contributed by atoms with Crippen molar-refractivity contribution in [2.24, 2.45) is 5.92 Å². The Kier molecular flexibility index (Phi) is 13.0. The molecule has 2 aliphatic rings. The molecule has 250 valence electrons. The number of alkyl halides is 3. The minimum atomic E-state index is -4.73. The van der Waals surface area contributed by atoms with Crippen LogP contribution in [-0.4, -0.2) is 75.5 Å². The number of ether oxygens (including phenoxy) is 1. The van der Waals surface area contributed by atoms with Crippen molar-refractivity contribution in [1.82, 2.24) is 14.5 Å². The molecule has 1 aliphatic heterocycles. The fourth-order valence-corrected chi connectivity index (χ4v) is 8.76. The van der Waals surface area contributed by atoms with Gasteiger partial charge in [0.15, 0.2) is 0 Å². The van der Waals surface area contributed by atoms with Crippen molar-refractivity contribution in [2.75, 3.05) is 39.9 Å². The Morgan fingerprint density at radius 2 is 1.67 bits per heavy atom. The molecule has 2 aromatic carbocycles. The number of halogens is 5. The number of aryl methyl sites for hydroxylation is 1. The van der Waals surface area contributed by atoms with Gasteiger partial charge in [-0.15, -0.1) is 0 Å². The first-order valence-electron chi connectivity index (χ1n) is 15.5. The normalized spacial score (nSPS) is 20.7. The topological polar surface area (TPSA) is 79.0 Å². The number of hydrogen-bond donors (Lipinski definition) is 1. The molecule has 1 amide bonds. The number of likely N-dealkylation sites (tertiary alicyclic amines) is 1. The number of carbonyl (C=O) groups excluding carboxylic acids is 1. The van der Waals surface area contributed by atoms with Crippen LogP contribution in [0.5, 0.6) is 0 Å². The second kappa shape index (κ2) is 16.3. The first kappa shape index (κ1) is 36.0. The molecule has 1 aliphatic carbocycles. The van der Waals surface area contributed by atoms with Crippen LogP contribution < -0.4 is 5.32 Å². The molecule has 7 nitrogen and oxygen atoms in total. The van der Waals surface area contributed by atoms with Gasteiger partial charge in [0.1, 0.15) is 11.5 Å². The lowest BCUT2D eigenvalue weighted by Crippen LogP contribution is -2.47. The fraction of sp³-hybridized carbons (Fsp3) is 0.594. The van der Waals surface area contributed by atoms with Gasteiger partial charge >= 0.3 is 6.18 Å². The number of hydrogen-bond acceptors (Lipinski definition) is 5. The molecule has 0 aromatic heterocycles. The maximum absolute atomic E-state index is 13.0. The zero-order chi connectivity index (χ0) is 32.6. The van der Waals surface area contributed by atoms with Crippen LogP contribution in [0.2, 0.25) is 10.0 Å². The third kappa shape index (κ3) is 10.0. The SMILES string of the molecule is CN(CCOCC(=O)NC1CCC(C(CCc2ccccc2)N2CCCCC2)CC1)S(=O)(=O)c1c(Cl)cc(C(F)(F)F)cc1Cl. The molecule has 4 rings (SSSR count). The standard InChI is InChI=1S/C32H42Cl2F3N3O4S/c1-39(45(42,43)31-27(33)20-25(21-28(31)34)32(35,36)37)18-19-44-22-30(41)38-26-13-11-24(12-14-26)29(40-16-6-3-7-17-40)15-10-23-8-4-2-5-9-23/h2,4-5,8-9,20-21,24,26,29H,3,6-7,10-19,22H2,1H3,(H,38,41). The summed E-state index contributed by atoms with van der Waals surface area (Å²) in [5, 5.41) is 1.80. The number of rotatable bonds is 13. The summed E-state index contributed by atoms with van der Waals surface area (Å²) in [7, 11) is -3.07. The number of likely N-dealkylation sites (N-methyl/N-ethyl adjacent to an activating group) is 1. The van der Waals surface area contributed by atoms with Crippen molar-refractivity contribution in [3.05, 3.63) is 63.6 Å². The quantitative estimate of drug-likeness (QED) is 0.234. The second-order valence-corrected chi connectivity index (χ2v) is 14.8. The molecule has 13 heteroatoms. The summed E-state index contributed by atoms with van der Waals surface area (Å²) in [6.07, 6.45) is 5.21. The van der Waals surface area contributed by atoms with Crippen molar-refractivity contribution in [3.8, 4) is 0 Å². The zero-order valence-electron chi connectivity index (χ0n) is 25.5. The summed E-state index contributed by atoms with van der Waals surface area (Å²) in [4.78, 5) is 14.7. The maximum atomic E-state index is 13.0. The summed E-state index contributed by atoms with van der Waals surface area (Å²) in [6, 6.07) is 12.3. The van der Waals surface area contributed by atoms with Gasteiger partial charge in [0, 0.05) is 25.7 Å². The molecule has 1 heterocycles. The van der Waals surface area contributed by atoms with Crippen LogP contribution in [0.25, 0.3) is 0 Å². The van der Waals surface area contributed by atoms with Gasteiger partial charge in [-0.3, -0.25) is 4.79 Å². The highest BCUT2D eigenvalue weighted by molar-refractivity contribution is 7.89. The largest absolute Gasteiger partial charge is 0.416 e. The first-order chi connectivity index (χ1) is 21.4. The number of nitrogens with zero attached hydrogens (tertiary/aromatic N) is 2. The molecule has 1 saturated carbocycles. The van der Waals surface area contributed by atoms with E-state index >= 15 is 0 Å². The molecule has 2 fully saturated rings. The summed E-state index contributed by atoms with van der Waals surface area (Å²) in [5.41, 5.74) is 0.225. The number of nitrogens with one attached hydrogen (secondary N) is 1. The third-order valence-corrected chi connectivity index (χ3v) is 11.7. The fourth-order valence-electron chi connectivity index (χ4n) is 6.45. The van der Waals surface area contributed by atoms with E-state index in [-0.39, 0.29) is 31.7 Å². The van der Waals surface area contributed by atoms with Crippen molar-refractivity contribution >= 4 is 39.1 Å². The van der Waals surface area contributed by atoms with Crippen LogP contribution in [0.3, 0.4) is 0 Å². The van der Waals surface area contributed by atoms with E-state index in [9.17, 15) is 26.4 Å². The Labute approximate surface area is 274 Å². The van der Waals surface area contributed by atoms with Crippen molar-refractivity contribution in [3.63, 3.8) is 0 Å². The van der Waals surface area contributed by atoms with Gasteiger partial charge in [0.2, 0.25) is 15.9 Å². The Morgan fingerprint density at radius 3 is 2.27 bits per heavy atom. The van der Waals surface area contributed by atoms with Gasteiger partial charge in [-0.05, 0) is 88.1 Å². The summed E-state index contributed by atoms with van der Waals surface area (Å²) in [5.74, 6) is 0.329. The van der Waals surface area contributed by atoms with Crippen molar-refractivity contribution < 1.29 is 31.1 Å². The Morgan fingerprint density at radius 1 is 1.04 bits per heavy atom. The molecule has 0 bridgehead atoms. The van der Waals surface area contributed by atoms with Gasteiger partial charge in [-0.2, -0.15) is 17.5 Å². The highest BCUT2D eigenvalue weighted by atomic mass is 35.5. The molecule has 2 aromatic rings. The van der Waals surface area contributed by atoms with E-state index in [0.717, 1.165) is 55.9 Å². The second-order valence-electron chi connectivity index (χ2n) is 12.0. The number of piperidine rings is 1. The minimum Gasteiger partial charge on any atom is -0.370 e. The third-order valence-electron chi connectivity index (χ3n) is 8.89. The molecule has 1 atom stereocenters. The first-order valence-corrected chi connectivity index (χ1v) is 17.7. The van der Waals surface area contributed by atoms with E-state index in [0.29, 0.717) is 24.1 Å². The number of amides is 1. The van der Waals surface area contributed by atoms with Gasteiger partial charge < -0.3 is 15.0 Å². The van der Waals surface area contributed by atoms with Gasteiger partial charge in [-0.25, -0.2) is 8.42 Å². The number of sulfonamides is 1. The molecular weight excluding hydrogens is 650 g/mol. The zero-order valence-corrected chi connectivity index (χ0v) is 27.8. The smallest absolute Gasteiger partial charge is 0.370 e. The van der Waals surface area contributed by atoms with E-state index < -0.39 is 36.7 Å². The van der Waals surface area contributed by atoms with E-state index in [2.05, 4.69) is 40.5 Å². The molecule has 45 heavy (non-hydrogen) atoms. The molecular formula is C32H42Cl2F3N3O4S. The Balaban J connectivity index is 1.21. The molecule has 1 N–H and O–H groups in total. The lowest BCUT2D eigenvalue weighted by Gasteiger charge is -2.42. The summed E-state index contributed by atoms with van der Waals surface area (Å²) in [6.45, 7) is 1.83. The lowest BCUT2D eigenvalue weighted by atomic mass is 9.78. The highest BCUT2D eigenvalue weighted by Crippen LogP contribution is 2.38. The van der Waals surface area contributed by atoms with E-state index in [1.54, 1.807) is 0 Å². The molecule has 0 spiro atoms. The van der Waals surface area contributed by atoms with Gasteiger partial charge in [0.05, 0.1) is 22.2 Å². The number of benzene rings is 2. The van der Waals surface area contributed by atoms with E-state index in [1.807, 2.05) is 0 Å². The van der Waals surface area contributed by atoms with Crippen LogP contribution in [0, 0.1) is 5.92 Å². The predicted octanol–water partition coefficient (Wildman–Crippen LogP) is 6.81. The van der Waals surface area contributed by atoms with Crippen molar-refractivity contribution in [2.45, 2.75) is 80.9 Å². The summed E-state index contributed by atoms with van der Waals surface area (Å²) < 4.78 is 71.3. The number of carbonyl (C=O) groups is 1. The van der Waals surface area contributed by atoms with Crippen LogP contribution >= 0.6 is 23.2 Å². The van der Waals surface area contributed by atoms with Crippen molar-refractivity contribution in [1.29, 1.82) is 0 Å². The molecule has 1 saturated heterocycles. The molecule has 0 radical (unpaired) electrons. The van der Waals surface area contributed by atoms with E-state index in [4.69, 9.17) is 27.9 Å². The monoisotopic (exact) mass is 691 g/mol.